The molecule has 0 aliphatic rings. The lowest BCUT2D eigenvalue weighted by atomic mass is 10.4. The van der Waals surface area contributed by atoms with Crippen LogP contribution in [0.3, 0.4) is 0 Å². The maximum atomic E-state index is 4.06. The van der Waals surface area contributed by atoms with Crippen molar-refractivity contribution >= 4 is 6.21 Å². The van der Waals surface area contributed by atoms with E-state index >= 15 is 0 Å². The highest BCUT2D eigenvalue weighted by molar-refractivity contribution is 5.76. The maximum absolute atomic E-state index is 4.06. The van der Waals surface area contributed by atoms with Gasteiger partial charge in [-0.3, -0.25) is 0 Å². The maximum Gasteiger partial charge on any atom is 0.0730 e. The van der Waals surface area contributed by atoms with Crippen LogP contribution in [0, 0.1) is 0 Å². The van der Waals surface area contributed by atoms with Crippen molar-refractivity contribution in [1.29, 1.82) is 0 Å². The Balaban J connectivity index is 1.78. The summed E-state index contributed by atoms with van der Waals surface area (Å²) in [6.45, 7) is 0.713. The third-order valence-electron chi connectivity index (χ3n) is 1.85. The highest BCUT2D eigenvalue weighted by atomic mass is 15.3. The fourth-order valence-corrected chi connectivity index (χ4v) is 1.15. The third-order valence-corrected chi connectivity index (χ3v) is 1.85. The van der Waals surface area contributed by atoms with Gasteiger partial charge in [0, 0.05) is 18.1 Å². The molecule has 0 atom stereocenters. The predicted molar refractivity (Wildman–Crippen MR) is 56.0 cm³/mol. The molecule has 0 saturated carbocycles. The molecule has 0 aliphatic carbocycles. The van der Waals surface area contributed by atoms with E-state index in [0.29, 0.717) is 6.54 Å². The molecule has 4 heteroatoms. The molecule has 0 aliphatic heterocycles. The first kappa shape index (κ1) is 8.62. The first-order valence-electron chi connectivity index (χ1n) is 4.47. The molecule has 0 radical (unpaired) electrons. The molecule has 0 saturated heterocycles. The van der Waals surface area contributed by atoms with Crippen molar-refractivity contribution in [2.45, 2.75) is 6.54 Å². The number of aromatic nitrogens is 2. The average molecular weight is 188 g/mol. The Bertz CT molecular complexity index is 372. The molecule has 3 N–H and O–H groups in total. The van der Waals surface area contributed by atoms with Gasteiger partial charge < -0.3 is 15.4 Å². The van der Waals surface area contributed by atoms with Crippen LogP contribution in [0.1, 0.15) is 11.4 Å². The van der Waals surface area contributed by atoms with E-state index in [9.17, 15) is 0 Å². The number of H-pyrrole nitrogens is 2. The standard InChI is InChI=1S/C10H12N4/c1-3-9(11-5-1)7-13-14-8-10-4-2-6-12-10/h1-7,11-12,14H,8H2/b13-7+. The van der Waals surface area contributed by atoms with E-state index in [1.165, 1.54) is 0 Å². The van der Waals surface area contributed by atoms with Crippen molar-refractivity contribution in [2.75, 3.05) is 0 Å². The van der Waals surface area contributed by atoms with Crippen molar-refractivity contribution in [3.8, 4) is 0 Å². The number of rotatable bonds is 4. The number of hydrazone groups is 1. The van der Waals surface area contributed by atoms with Gasteiger partial charge in [-0.05, 0) is 24.3 Å². The second-order valence-corrected chi connectivity index (χ2v) is 2.91. The smallest absolute Gasteiger partial charge is 0.0730 e. The molecule has 0 amide bonds. The van der Waals surface area contributed by atoms with E-state index in [1.807, 2.05) is 36.7 Å². The Morgan fingerprint density at radius 1 is 1.21 bits per heavy atom. The van der Waals surface area contributed by atoms with Gasteiger partial charge in [-0.25, -0.2) is 0 Å². The minimum atomic E-state index is 0.713. The van der Waals surface area contributed by atoms with Crippen LogP contribution in [0.4, 0.5) is 0 Å². The fraction of sp³-hybridized carbons (Fsp3) is 0.100. The number of nitrogens with one attached hydrogen (secondary N) is 3. The molecular formula is C10H12N4. The van der Waals surface area contributed by atoms with E-state index in [4.69, 9.17) is 0 Å². The van der Waals surface area contributed by atoms with E-state index in [2.05, 4.69) is 20.5 Å². The second kappa shape index (κ2) is 4.32. The monoisotopic (exact) mass is 188 g/mol. The van der Waals surface area contributed by atoms with Gasteiger partial charge in [0.05, 0.1) is 18.5 Å². The molecule has 2 heterocycles. The van der Waals surface area contributed by atoms with Crippen molar-refractivity contribution in [1.82, 2.24) is 15.4 Å². The number of nitrogens with zero attached hydrogens (tertiary/aromatic N) is 1. The van der Waals surface area contributed by atoms with Gasteiger partial charge >= 0.3 is 0 Å². The normalized spacial score (nSPS) is 10.9. The van der Waals surface area contributed by atoms with Crippen LogP contribution in [0.5, 0.6) is 0 Å². The largest absolute Gasteiger partial charge is 0.363 e. The highest BCUT2D eigenvalue weighted by Crippen LogP contribution is 1.93. The summed E-state index contributed by atoms with van der Waals surface area (Å²) in [5.41, 5.74) is 5.05. The van der Waals surface area contributed by atoms with Crippen LogP contribution in [0.2, 0.25) is 0 Å². The van der Waals surface area contributed by atoms with Crippen LogP contribution < -0.4 is 5.43 Å². The molecule has 72 valence electrons. The summed E-state index contributed by atoms with van der Waals surface area (Å²) in [4.78, 5) is 6.12. The van der Waals surface area contributed by atoms with E-state index in [1.54, 1.807) is 6.21 Å². The predicted octanol–water partition coefficient (Wildman–Crippen LogP) is 1.47. The molecular weight excluding hydrogens is 176 g/mol. The average Bonchev–Trinajstić information content (AvgIpc) is 2.86. The molecule has 2 rings (SSSR count). The minimum absolute atomic E-state index is 0.713. The quantitative estimate of drug-likeness (QED) is 0.494. The van der Waals surface area contributed by atoms with Gasteiger partial charge in [-0.2, -0.15) is 5.10 Å². The summed E-state index contributed by atoms with van der Waals surface area (Å²) < 4.78 is 0. The molecule has 0 fully saturated rings. The Kier molecular flexibility index (Phi) is 2.66. The lowest BCUT2D eigenvalue weighted by molar-refractivity contribution is 0.733. The van der Waals surface area contributed by atoms with Crippen molar-refractivity contribution in [2.24, 2.45) is 5.10 Å². The number of hydrogen-bond acceptors (Lipinski definition) is 2. The molecule has 0 bridgehead atoms. The van der Waals surface area contributed by atoms with E-state index in [0.717, 1.165) is 11.4 Å². The summed E-state index contributed by atoms with van der Waals surface area (Å²) in [5, 5.41) is 4.06. The molecule has 0 spiro atoms. The number of aromatic amines is 2. The van der Waals surface area contributed by atoms with Gasteiger partial charge in [-0.15, -0.1) is 0 Å². The molecule has 2 aromatic heterocycles. The third kappa shape index (κ3) is 2.26. The fourth-order valence-electron chi connectivity index (χ4n) is 1.15. The Hall–Kier alpha value is -1.97. The van der Waals surface area contributed by atoms with Crippen molar-refractivity contribution in [3.05, 3.63) is 48.0 Å². The Morgan fingerprint density at radius 2 is 2.07 bits per heavy atom. The van der Waals surface area contributed by atoms with Crippen molar-refractivity contribution in [3.63, 3.8) is 0 Å². The second-order valence-electron chi connectivity index (χ2n) is 2.91. The van der Waals surface area contributed by atoms with Crippen LogP contribution in [0.15, 0.2) is 41.8 Å². The molecule has 0 aromatic carbocycles. The summed E-state index contributed by atoms with van der Waals surface area (Å²) in [6.07, 6.45) is 5.51. The summed E-state index contributed by atoms with van der Waals surface area (Å²) in [5.74, 6) is 0. The van der Waals surface area contributed by atoms with Crippen LogP contribution in [0.25, 0.3) is 0 Å². The SMILES string of the molecule is C(=N\NCc1ccc[nH]1)/c1ccc[nH]1. The van der Waals surface area contributed by atoms with E-state index in [-0.39, 0.29) is 0 Å². The van der Waals surface area contributed by atoms with Gasteiger partial charge in [-0.1, -0.05) is 0 Å². The zero-order chi connectivity index (χ0) is 9.64. The zero-order valence-corrected chi connectivity index (χ0v) is 7.70. The highest BCUT2D eigenvalue weighted by Gasteiger charge is 1.88. The number of hydrogen-bond donors (Lipinski definition) is 3. The van der Waals surface area contributed by atoms with Crippen LogP contribution in [-0.2, 0) is 6.54 Å². The van der Waals surface area contributed by atoms with Gasteiger partial charge in [0.2, 0.25) is 0 Å². The van der Waals surface area contributed by atoms with Gasteiger partial charge in [0.25, 0.3) is 0 Å². The Morgan fingerprint density at radius 3 is 2.79 bits per heavy atom. The minimum Gasteiger partial charge on any atom is -0.363 e. The molecule has 14 heavy (non-hydrogen) atoms. The first-order chi connectivity index (χ1) is 6.95. The topological polar surface area (TPSA) is 56.0 Å². The van der Waals surface area contributed by atoms with Gasteiger partial charge in [0.1, 0.15) is 0 Å². The summed E-state index contributed by atoms with van der Waals surface area (Å²) >= 11 is 0. The molecule has 4 nitrogen and oxygen atoms in total. The summed E-state index contributed by atoms with van der Waals surface area (Å²) in [7, 11) is 0. The zero-order valence-electron chi connectivity index (χ0n) is 7.70. The lowest BCUT2D eigenvalue weighted by Crippen LogP contribution is -2.05. The Labute approximate surface area is 82.1 Å². The van der Waals surface area contributed by atoms with Crippen LogP contribution >= 0.6 is 0 Å². The van der Waals surface area contributed by atoms with Crippen molar-refractivity contribution < 1.29 is 0 Å². The first-order valence-corrected chi connectivity index (χ1v) is 4.47. The molecule has 0 unspecified atom stereocenters. The molecule has 2 aromatic rings. The lowest BCUT2D eigenvalue weighted by Gasteiger charge is -1.95. The van der Waals surface area contributed by atoms with E-state index < -0.39 is 0 Å². The van der Waals surface area contributed by atoms with Crippen LogP contribution in [-0.4, -0.2) is 16.2 Å². The summed E-state index contributed by atoms with van der Waals surface area (Å²) in [6, 6.07) is 7.87. The van der Waals surface area contributed by atoms with Gasteiger partial charge in [0.15, 0.2) is 0 Å².